The highest BCUT2D eigenvalue weighted by Crippen LogP contribution is 2.33. The molecule has 1 heterocycles. The predicted molar refractivity (Wildman–Crippen MR) is 63.3 cm³/mol. The number of fused-ring (bicyclic) bond motifs is 1. The smallest absolute Gasteiger partial charge is 0.342 e. The van der Waals surface area contributed by atoms with E-state index in [2.05, 4.69) is 0 Å². The third kappa shape index (κ3) is 1.68. The Morgan fingerprint density at radius 1 is 1.56 bits per heavy atom. The zero-order valence-corrected chi connectivity index (χ0v) is 9.98. The molecule has 0 spiro atoms. The van der Waals surface area contributed by atoms with Gasteiger partial charge in [0.2, 0.25) is 0 Å². The second-order valence-electron chi connectivity index (χ2n) is 3.70. The number of hydrogen-bond acceptors (Lipinski definition) is 5. The third-order valence-corrected chi connectivity index (χ3v) is 2.60. The summed E-state index contributed by atoms with van der Waals surface area (Å²) in [7, 11) is 0. The van der Waals surface area contributed by atoms with Gasteiger partial charge in [-0.05, 0) is 26.0 Å². The Morgan fingerprint density at radius 2 is 2.28 bits per heavy atom. The second kappa shape index (κ2) is 4.41. The first-order valence-electron chi connectivity index (χ1n) is 5.42. The molecule has 0 aliphatic rings. The average molecular weight is 245 g/mol. The first-order valence-corrected chi connectivity index (χ1v) is 5.42. The summed E-state index contributed by atoms with van der Waals surface area (Å²) < 4.78 is 10.3. The molecular formula is C13H11NO4. The molecule has 1 N–H and O–H groups in total. The zero-order valence-electron chi connectivity index (χ0n) is 9.98. The molecule has 18 heavy (non-hydrogen) atoms. The van der Waals surface area contributed by atoms with Crippen LogP contribution in [-0.2, 0) is 4.74 Å². The number of aromatic hydroxyl groups is 1. The van der Waals surface area contributed by atoms with E-state index < -0.39 is 5.97 Å². The van der Waals surface area contributed by atoms with E-state index in [0.29, 0.717) is 16.7 Å². The van der Waals surface area contributed by atoms with Gasteiger partial charge in [0, 0.05) is 0 Å². The van der Waals surface area contributed by atoms with E-state index in [9.17, 15) is 9.90 Å². The summed E-state index contributed by atoms with van der Waals surface area (Å²) in [6.45, 7) is 3.54. The predicted octanol–water partition coefficient (Wildman–Crippen LogP) is 2.50. The number of furan rings is 1. The lowest BCUT2D eigenvalue weighted by atomic mass is 10.0. The van der Waals surface area contributed by atoms with E-state index in [0.717, 1.165) is 0 Å². The van der Waals surface area contributed by atoms with Gasteiger partial charge in [-0.25, -0.2) is 4.79 Å². The van der Waals surface area contributed by atoms with Crippen LogP contribution in [0, 0.1) is 18.3 Å². The van der Waals surface area contributed by atoms with Crippen LogP contribution in [0.3, 0.4) is 0 Å². The number of aryl methyl sites for hydroxylation is 1. The minimum atomic E-state index is -0.559. The molecule has 1 aromatic heterocycles. The molecule has 92 valence electrons. The van der Waals surface area contributed by atoms with Crippen LogP contribution in [0.4, 0.5) is 0 Å². The summed E-state index contributed by atoms with van der Waals surface area (Å²) in [6, 6.07) is 4.75. The minimum absolute atomic E-state index is 0.0207. The van der Waals surface area contributed by atoms with E-state index in [1.54, 1.807) is 13.8 Å². The number of nitriles is 1. The highest BCUT2D eigenvalue weighted by Gasteiger charge is 2.23. The number of esters is 1. The highest BCUT2D eigenvalue weighted by atomic mass is 16.5. The normalized spacial score (nSPS) is 10.3. The SMILES string of the molecule is CCOC(=O)c1c(C)oc2ccc(O)c(C#N)c12. The van der Waals surface area contributed by atoms with Crippen LogP contribution < -0.4 is 0 Å². The van der Waals surface area contributed by atoms with Crippen molar-refractivity contribution < 1.29 is 19.1 Å². The molecular weight excluding hydrogens is 234 g/mol. The fourth-order valence-electron chi connectivity index (χ4n) is 1.86. The second-order valence-corrected chi connectivity index (χ2v) is 3.70. The Kier molecular flexibility index (Phi) is 2.94. The lowest BCUT2D eigenvalue weighted by molar-refractivity contribution is 0.0526. The molecule has 0 saturated heterocycles. The van der Waals surface area contributed by atoms with Crippen molar-refractivity contribution in [1.82, 2.24) is 0 Å². The maximum absolute atomic E-state index is 11.8. The molecule has 0 aliphatic heterocycles. The van der Waals surface area contributed by atoms with E-state index in [4.69, 9.17) is 14.4 Å². The number of phenols is 1. The molecule has 0 bridgehead atoms. The Bertz CT molecular complexity index is 664. The first kappa shape index (κ1) is 12.0. The number of hydrogen-bond donors (Lipinski definition) is 1. The van der Waals surface area contributed by atoms with Gasteiger partial charge in [0.25, 0.3) is 0 Å². The van der Waals surface area contributed by atoms with Gasteiger partial charge < -0.3 is 14.3 Å². The van der Waals surface area contributed by atoms with Gasteiger partial charge in [-0.2, -0.15) is 5.26 Å². The zero-order chi connectivity index (χ0) is 13.3. The van der Waals surface area contributed by atoms with Crippen molar-refractivity contribution in [3.8, 4) is 11.8 Å². The van der Waals surface area contributed by atoms with Crippen LogP contribution in [0.5, 0.6) is 5.75 Å². The molecule has 0 atom stereocenters. The molecule has 0 radical (unpaired) electrons. The van der Waals surface area contributed by atoms with Gasteiger partial charge in [-0.3, -0.25) is 0 Å². The number of rotatable bonds is 2. The molecule has 0 unspecified atom stereocenters. The summed E-state index contributed by atoms with van der Waals surface area (Å²) >= 11 is 0. The largest absolute Gasteiger partial charge is 0.507 e. The van der Waals surface area contributed by atoms with Crippen molar-refractivity contribution in [3.05, 3.63) is 29.0 Å². The maximum atomic E-state index is 11.8. The summed E-state index contributed by atoms with van der Waals surface area (Å²) in [6.07, 6.45) is 0. The summed E-state index contributed by atoms with van der Waals surface area (Å²) in [4.78, 5) is 11.8. The van der Waals surface area contributed by atoms with Crippen molar-refractivity contribution in [2.45, 2.75) is 13.8 Å². The molecule has 0 fully saturated rings. The van der Waals surface area contributed by atoms with Crippen LogP contribution in [0.1, 0.15) is 28.6 Å². The molecule has 0 aliphatic carbocycles. The molecule has 5 heteroatoms. The third-order valence-electron chi connectivity index (χ3n) is 2.60. The van der Waals surface area contributed by atoms with E-state index >= 15 is 0 Å². The van der Waals surface area contributed by atoms with Gasteiger partial charge in [0.1, 0.15) is 34.3 Å². The summed E-state index contributed by atoms with van der Waals surface area (Å²) in [5, 5.41) is 19.0. The van der Waals surface area contributed by atoms with Crippen molar-refractivity contribution >= 4 is 16.9 Å². The number of phenolic OH excluding ortho intramolecular Hbond substituents is 1. The van der Waals surface area contributed by atoms with Crippen molar-refractivity contribution in [2.75, 3.05) is 6.61 Å². The number of nitrogens with zero attached hydrogens (tertiary/aromatic N) is 1. The quantitative estimate of drug-likeness (QED) is 0.822. The number of carbonyl (C=O) groups excluding carboxylic acids is 1. The average Bonchev–Trinajstić information content (AvgIpc) is 2.66. The molecule has 0 saturated carbocycles. The van der Waals surface area contributed by atoms with Gasteiger partial charge in [0.15, 0.2) is 0 Å². The topological polar surface area (TPSA) is 83.5 Å². The van der Waals surface area contributed by atoms with E-state index in [1.807, 2.05) is 6.07 Å². The van der Waals surface area contributed by atoms with Crippen LogP contribution in [-0.4, -0.2) is 17.7 Å². The molecule has 2 rings (SSSR count). The first-order chi connectivity index (χ1) is 8.60. The van der Waals surface area contributed by atoms with Crippen LogP contribution in [0.2, 0.25) is 0 Å². The van der Waals surface area contributed by atoms with Crippen molar-refractivity contribution in [3.63, 3.8) is 0 Å². The number of benzene rings is 1. The van der Waals surface area contributed by atoms with Crippen molar-refractivity contribution in [1.29, 1.82) is 5.26 Å². The van der Waals surface area contributed by atoms with Gasteiger partial charge in [0.05, 0.1) is 12.0 Å². The highest BCUT2D eigenvalue weighted by molar-refractivity contribution is 6.07. The maximum Gasteiger partial charge on any atom is 0.342 e. The van der Waals surface area contributed by atoms with Crippen molar-refractivity contribution in [2.24, 2.45) is 0 Å². The van der Waals surface area contributed by atoms with Crippen LogP contribution >= 0.6 is 0 Å². The van der Waals surface area contributed by atoms with E-state index in [1.165, 1.54) is 12.1 Å². The summed E-state index contributed by atoms with van der Waals surface area (Å²) in [5.41, 5.74) is 0.594. The Hall–Kier alpha value is -2.48. The molecule has 0 amide bonds. The standard InChI is InChI=1S/C13H11NO4/c1-3-17-13(16)11-7(2)18-10-5-4-9(15)8(6-14)12(10)11/h4-5,15H,3H2,1-2H3. The van der Waals surface area contributed by atoms with E-state index in [-0.39, 0.29) is 23.5 Å². The number of carbonyl (C=O) groups is 1. The monoisotopic (exact) mass is 245 g/mol. The molecule has 2 aromatic rings. The Morgan fingerprint density at radius 3 is 2.89 bits per heavy atom. The molecule has 5 nitrogen and oxygen atoms in total. The van der Waals surface area contributed by atoms with Crippen LogP contribution in [0.25, 0.3) is 11.0 Å². The minimum Gasteiger partial charge on any atom is -0.507 e. The molecule has 1 aromatic carbocycles. The summed E-state index contributed by atoms with van der Waals surface area (Å²) in [5.74, 6) is -0.377. The lowest BCUT2D eigenvalue weighted by Crippen LogP contribution is -2.05. The van der Waals surface area contributed by atoms with Crippen LogP contribution in [0.15, 0.2) is 16.5 Å². The van der Waals surface area contributed by atoms with Gasteiger partial charge >= 0.3 is 5.97 Å². The van der Waals surface area contributed by atoms with Gasteiger partial charge in [-0.15, -0.1) is 0 Å². The number of ether oxygens (including phenoxy) is 1. The van der Waals surface area contributed by atoms with Gasteiger partial charge in [-0.1, -0.05) is 0 Å². The Labute approximate surface area is 103 Å². The Balaban J connectivity index is 2.80. The fourth-order valence-corrected chi connectivity index (χ4v) is 1.86. The fraction of sp³-hybridized carbons (Fsp3) is 0.231. The lowest BCUT2D eigenvalue weighted by Gasteiger charge is -2.02.